The molecule has 0 aromatic heterocycles. The lowest BCUT2D eigenvalue weighted by Crippen LogP contribution is -2.03. The smallest absolute Gasteiger partial charge is 0.298 e. The van der Waals surface area contributed by atoms with Crippen molar-refractivity contribution in [3.8, 4) is 34.1 Å². The highest BCUT2D eigenvalue weighted by atomic mass is 32.2. The Kier molecular flexibility index (Phi) is 6.49. The molecule has 10 nitrogen and oxygen atoms in total. The molecule has 0 aliphatic heterocycles. The standard InChI is InChI=1S/C33H24N2O8S2/c34-24-5-1-18-3-7-26(12-20(18)10-24)42-30-14-22-9-23-15-31(43-27-8-4-19-2-6-25(35)11-21(19)13-27)33(45(39,40)41)17-29(23)28(22)16-32(30)44(36,37)38/h1-8,10-17H,9,34-35H2,(H,36,37,38)(H,39,40,41). The average molecular weight is 641 g/mol. The summed E-state index contributed by atoms with van der Waals surface area (Å²) < 4.78 is 82.3. The van der Waals surface area contributed by atoms with E-state index in [1.807, 2.05) is 12.1 Å². The Hall–Kier alpha value is -5.14. The van der Waals surface area contributed by atoms with Gasteiger partial charge in [0.1, 0.15) is 32.8 Å². The van der Waals surface area contributed by atoms with Crippen molar-refractivity contribution in [3.05, 3.63) is 108 Å². The third-order valence-electron chi connectivity index (χ3n) is 7.69. The molecule has 226 valence electrons. The second kappa shape index (κ2) is 10.2. The van der Waals surface area contributed by atoms with Crippen molar-refractivity contribution >= 4 is 53.2 Å². The molecule has 0 atom stereocenters. The summed E-state index contributed by atoms with van der Waals surface area (Å²) in [4.78, 5) is -1.02. The monoisotopic (exact) mass is 640 g/mol. The molecule has 0 spiro atoms. The highest BCUT2D eigenvalue weighted by Crippen LogP contribution is 2.46. The van der Waals surface area contributed by atoms with Crippen molar-refractivity contribution < 1.29 is 35.4 Å². The Morgan fingerprint density at radius 1 is 0.511 bits per heavy atom. The van der Waals surface area contributed by atoms with Gasteiger partial charge in [0.2, 0.25) is 0 Å². The zero-order chi connectivity index (χ0) is 31.7. The molecule has 6 N–H and O–H groups in total. The molecule has 12 heteroatoms. The lowest BCUT2D eigenvalue weighted by molar-refractivity contribution is 0.448. The number of hydrogen-bond donors (Lipinski definition) is 4. The van der Waals surface area contributed by atoms with Crippen molar-refractivity contribution in [1.29, 1.82) is 0 Å². The topological polar surface area (TPSA) is 179 Å². The summed E-state index contributed by atoms with van der Waals surface area (Å²) in [5.74, 6) is 0.397. The number of anilines is 2. The van der Waals surface area contributed by atoms with E-state index >= 15 is 0 Å². The molecule has 1 aliphatic carbocycles. The molecule has 0 radical (unpaired) electrons. The Balaban J connectivity index is 1.30. The van der Waals surface area contributed by atoms with Crippen LogP contribution in [0, 0.1) is 0 Å². The maximum absolute atomic E-state index is 12.5. The number of nitrogens with two attached hydrogens (primary N) is 2. The van der Waals surface area contributed by atoms with Crippen LogP contribution in [0.3, 0.4) is 0 Å². The highest BCUT2D eigenvalue weighted by Gasteiger charge is 2.30. The Morgan fingerprint density at radius 3 is 1.31 bits per heavy atom. The van der Waals surface area contributed by atoms with Crippen LogP contribution in [0.1, 0.15) is 11.1 Å². The van der Waals surface area contributed by atoms with Crippen molar-refractivity contribution in [2.45, 2.75) is 16.2 Å². The quantitative estimate of drug-likeness (QED) is 0.111. The average Bonchev–Trinajstić information content (AvgIpc) is 3.31. The summed E-state index contributed by atoms with van der Waals surface area (Å²) in [6.45, 7) is 0. The fraction of sp³-hybridized carbons (Fsp3) is 0.0303. The SMILES string of the molecule is Nc1ccc2ccc(Oc3cc4c(cc3S(=O)(=O)O)-c3cc(S(=O)(=O)O)c(Oc5ccc6ccc(N)cc6c5)cc3C4)cc2c1. The maximum Gasteiger partial charge on any atom is 0.298 e. The van der Waals surface area contributed by atoms with Gasteiger partial charge >= 0.3 is 0 Å². The summed E-state index contributed by atoms with van der Waals surface area (Å²) in [6, 6.07) is 26.5. The van der Waals surface area contributed by atoms with Crippen LogP contribution in [0.5, 0.6) is 23.0 Å². The van der Waals surface area contributed by atoms with Gasteiger partial charge in [-0.2, -0.15) is 16.8 Å². The molecule has 0 bridgehead atoms. The molecule has 45 heavy (non-hydrogen) atoms. The largest absolute Gasteiger partial charge is 0.456 e. The van der Waals surface area contributed by atoms with Gasteiger partial charge in [0.25, 0.3) is 20.2 Å². The van der Waals surface area contributed by atoms with E-state index in [0.29, 0.717) is 45.1 Å². The van der Waals surface area contributed by atoms with Gasteiger partial charge in [-0.3, -0.25) is 9.11 Å². The second-order valence-electron chi connectivity index (χ2n) is 10.8. The van der Waals surface area contributed by atoms with Gasteiger partial charge < -0.3 is 20.9 Å². The fourth-order valence-electron chi connectivity index (χ4n) is 5.63. The first-order valence-corrected chi connectivity index (χ1v) is 16.4. The molecule has 1 aliphatic rings. The van der Waals surface area contributed by atoms with E-state index in [4.69, 9.17) is 20.9 Å². The van der Waals surface area contributed by atoms with Gasteiger partial charge in [-0.05, 0) is 123 Å². The Labute approximate surface area is 257 Å². The minimum Gasteiger partial charge on any atom is -0.456 e. The van der Waals surface area contributed by atoms with E-state index in [1.165, 1.54) is 24.3 Å². The van der Waals surface area contributed by atoms with E-state index in [9.17, 15) is 25.9 Å². The summed E-state index contributed by atoms with van der Waals surface area (Å²) in [7, 11) is -9.56. The molecule has 0 amide bonds. The normalized spacial score (nSPS) is 12.7. The lowest BCUT2D eigenvalue weighted by Gasteiger charge is -2.14. The van der Waals surface area contributed by atoms with Crippen LogP contribution in [0.2, 0.25) is 0 Å². The number of nitrogen functional groups attached to an aromatic ring is 2. The van der Waals surface area contributed by atoms with E-state index in [2.05, 4.69) is 0 Å². The molecule has 0 saturated heterocycles. The fourth-order valence-corrected chi connectivity index (χ4v) is 6.88. The molecule has 0 heterocycles. The van der Waals surface area contributed by atoms with Crippen LogP contribution in [0.25, 0.3) is 32.7 Å². The van der Waals surface area contributed by atoms with Crippen LogP contribution < -0.4 is 20.9 Å². The summed E-state index contributed by atoms with van der Waals surface area (Å²) >= 11 is 0. The lowest BCUT2D eigenvalue weighted by atomic mass is 10.1. The first-order chi connectivity index (χ1) is 21.3. The second-order valence-corrected chi connectivity index (χ2v) is 13.6. The van der Waals surface area contributed by atoms with Crippen LogP contribution >= 0.6 is 0 Å². The zero-order valence-electron chi connectivity index (χ0n) is 23.3. The van der Waals surface area contributed by atoms with Crippen LogP contribution in [0.15, 0.2) is 107 Å². The molecular weight excluding hydrogens is 617 g/mol. The summed E-state index contributed by atoms with van der Waals surface area (Å²) in [6.07, 6.45) is 0.261. The van der Waals surface area contributed by atoms with Crippen molar-refractivity contribution in [1.82, 2.24) is 0 Å². The van der Waals surface area contributed by atoms with Crippen LogP contribution in [-0.2, 0) is 26.7 Å². The first-order valence-electron chi connectivity index (χ1n) is 13.6. The van der Waals surface area contributed by atoms with E-state index in [0.717, 1.165) is 21.5 Å². The molecule has 0 fully saturated rings. The van der Waals surface area contributed by atoms with Gasteiger partial charge in [-0.1, -0.05) is 24.3 Å². The minimum absolute atomic E-state index is 0.116. The highest BCUT2D eigenvalue weighted by molar-refractivity contribution is 7.86. The van der Waals surface area contributed by atoms with Crippen molar-refractivity contribution in [3.63, 3.8) is 0 Å². The van der Waals surface area contributed by atoms with Gasteiger partial charge in [0, 0.05) is 11.4 Å². The van der Waals surface area contributed by atoms with Gasteiger partial charge in [0.15, 0.2) is 0 Å². The Morgan fingerprint density at radius 2 is 0.911 bits per heavy atom. The predicted octanol–water partition coefficient (Wildman–Crippen LogP) is 6.81. The van der Waals surface area contributed by atoms with Gasteiger partial charge in [-0.15, -0.1) is 0 Å². The number of hydrogen-bond acceptors (Lipinski definition) is 8. The summed E-state index contributed by atoms with van der Waals surface area (Å²) in [5.41, 5.74) is 14.8. The first kappa shape index (κ1) is 28.6. The van der Waals surface area contributed by atoms with Crippen molar-refractivity contribution in [2.75, 3.05) is 11.5 Å². The number of fused-ring (bicyclic) bond motifs is 5. The Bertz CT molecular complexity index is 2270. The third-order valence-corrected chi connectivity index (χ3v) is 9.44. The van der Waals surface area contributed by atoms with E-state index in [1.54, 1.807) is 60.7 Å². The molecule has 0 saturated carbocycles. The van der Waals surface area contributed by atoms with Crippen LogP contribution in [-0.4, -0.2) is 25.9 Å². The van der Waals surface area contributed by atoms with Gasteiger partial charge in [0.05, 0.1) is 0 Å². The molecule has 6 aromatic carbocycles. The number of ether oxygens (including phenoxy) is 2. The van der Waals surface area contributed by atoms with E-state index in [-0.39, 0.29) is 17.9 Å². The molecule has 0 unspecified atom stereocenters. The molecule has 7 rings (SSSR count). The summed E-state index contributed by atoms with van der Waals surface area (Å²) in [5, 5.41) is 3.34. The van der Waals surface area contributed by atoms with Crippen LogP contribution in [0.4, 0.5) is 11.4 Å². The predicted molar refractivity (Wildman–Crippen MR) is 171 cm³/mol. The number of benzene rings is 6. The molecule has 6 aromatic rings. The minimum atomic E-state index is -4.78. The van der Waals surface area contributed by atoms with Gasteiger partial charge in [-0.25, -0.2) is 0 Å². The zero-order valence-corrected chi connectivity index (χ0v) is 24.9. The maximum atomic E-state index is 12.5. The number of rotatable bonds is 6. The van der Waals surface area contributed by atoms with E-state index < -0.39 is 30.0 Å². The molecular formula is C33H24N2O8S2. The van der Waals surface area contributed by atoms with Crippen molar-refractivity contribution in [2.24, 2.45) is 0 Å². The third kappa shape index (κ3) is 5.40.